The summed E-state index contributed by atoms with van der Waals surface area (Å²) in [6.07, 6.45) is 1.61. The summed E-state index contributed by atoms with van der Waals surface area (Å²) in [5, 5.41) is 4.00. The van der Waals surface area contributed by atoms with Crippen molar-refractivity contribution in [1.82, 2.24) is 5.43 Å². The highest BCUT2D eigenvalue weighted by molar-refractivity contribution is 9.10. The summed E-state index contributed by atoms with van der Waals surface area (Å²) >= 11 is 3.52. The summed E-state index contributed by atoms with van der Waals surface area (Å²) in [5.74, 6) is 0.474. The molecule has 0 atom stereocenters. The number of hydrazone groups is 1. The predicted molar refractivity (Wildman–Crippen MR) is 101 cm³/mol. The second kappa shape index (κ2) is 8.49. The van der Waals surface area contributed by atoms with E-state index in [4.69, 9.17) is 4.74 Å². The first-order chi connectivity index (χ1) is 11.5. The molecule has 0 bridgehead atoms. The molecule has 6 heteroatoms. The molecule has 0 fully saturated rings. The Kier molecular flexibility index (Phi) is 6.37. The largest absolute Gasteiger partial charge is 0.494 e. The summed E-state index contributed by atoms with van der Waals surface area (Å²) in [7, 11) is 3.95. The summed E-state index contributed by atoms with van der Waals surface area (Å²) < 4.78 is 6.31. The van der Waals surface area contributed by atoms with Crippen LogP contribution < -0.4 is 15.1 Å². The fraction of sp³-hybridized carbons (Fsp3) is 0.222. The second-order valence-corrected chi connectivity index (χ2v) is 6.12. The summed E-state index contributed by atoms with van der Waals surface area (Å²) in [5.41, 5.74) is 5.01. The molecule has 5 nitrogen and oxygen atoms in total. The van der Waals surface area contributed by atoms with Crippen molar-refractivity contribution < 1.29 is 9.53 Å². The zero-order valence-electron chi connectivity index (χ0n) is 13.9. The molecule has 2 aromatic rings. The molecule has 0 unspecified atom stereocenters. The van der Waals surface area contributed by atoms with Gasteiger partial charge < -0.3 is 9.64 Å². The van der Waals surface area contributed by atoms with E-state index in [2.05, 4.69) is 26.5 Å². The number of benzene rings is 2. The Morgan fingerprint density at radius 3 is 2.54 bits per heavy atom. The van der Waals surface area contributed by atoms with E-state index < -0.39 is 0 Å². The van der Waals surface area contributed by atoms with Crippen LogP contribution in [0.4, 0.5) is 5.69 Å². The van der Waals surface area contributed by atoms with Gasteiger partial charge in [-0.1, -0.05) is 6.07 Å². The minimum Gasteiger partial charge on any atom is -0.494 e. The van der Waals surface area contributed by atoms with Crippen LogP contribution >= 0.6 is 15.9 Å². The maximum Gasteiger partial charge on any atom is 0.271 e. The Morgan fingerprint density at radius 2 is 1.96 bits per heavy atom. The smallest absolute Gasteiger partial charge is 0.271 e. The molecule has 126 valence electrons. The molecular weight excluding hydrogens is 370 g/mol. The average Bonchev–Trinajstić information content (AvgIpc) is 2.55. The number of anilines is 1. The SMILES string of the molecule is CCOc1ccc(C(=O)N/N=C\c2ccc(N(C)C)c(Br)c2)cc1. The van der Waals surface area contributed by atoms with Crippen molar-refractivity contribution in [2.24, 2.45) is 5.10 Å². The molecule has 0 aliphatic carbocycles. The van der Waals surface area contributed by atoms with Crippen molar-refractivity contribution in [2.75, 3.05) is 25.6 Å². The first-order valence-corrected chi connectivity index (χ1v) is 8.33. The lowest BCUT2D eigenvalue weighted by atomic mass is 10.2. The van der Waals surface area contributed by atoms with Gasteiger partial charge in [0.15, 0.2) is 0 Å². The van der Waals surface area contributed by atoms with Crippen LogP contribution in [0.15, 0.2) is 52.0 Å². The van der Waals surface area contributed by atoms with Crippen molar-refractivity contribution in [3.8, 4) is 5.75 Å². The fourth-order valence-corrected chi connectivity index (χ4v) is 2.82. The van der Waals surface area contributed by atoms with Gasteiger partial charge in [0.25, 0.3) is 5.91 Å². The van der Waals surface area contributed by atoms with Gasteiger partial charge in [-0.05, 0) is 64.8 Å². The number of hydrogen-bond donors (Lipinski definition) is 1. The van der Waals surface area contributed by atoms with E-state index in [1.807, 2.05) is 44.1 Å². The quantitative estimate of drug-likeness (QED) is 0.605. The molecule has 1 N–H and O–H groups in total. The number of nitrogens with one attached hydrogen (secondary N) is 1. The highest BCUT2D eigenvalue weighted by atomic mass is 79.9. The zero-order chi connectivity index (χ0) is 17.5. The Morgan fingerprint density at radius 1 is 1.25 bits per heavy atom. The number of ether oxygens (including phenoxy) is 1. The van der Waals surface area contributed by atoms with Gasteiger partial charge in [-0.25, -0.2) is 5.43 Å². The van der Waals surface area contributed by atoms with Crippen LogP contribution in [0, 0.1) is 0 Å². The highest BCUT2D eigenvalue weighted by Crippen LogP contribution is 2.25. The van der Waals surface area contributed by atoms with Crippen molar-refractivity contribution in [3.05, 3.63) is 58.1 Å². The van der Waals surface area contributed by atoms with Gasteiger partial charge in [-0.3, -0.25) is 4.79 Å². The van der Waals surface area contributed by atoms with Crippen LogP contribution in [0.1, 0.15) is 22.8 Å². The Balaban J connectivity index is 1.98. The zero-order valence-corrected chi connectivity index (χ0v) is 15.5. The van der Waals surface area contributed by atoms with Crippen LogP contribution in [-0.2, 0) is 0 Å². The number of nitrogens with zero attached hydrogens (tertiary/aromatic N) is 2. The van der Waals surface area contributed by atoms with Gasteiger partial charge in [0.1, 0.15) is 5.75 Å². The lowest BCUT2D eigenvalue weighted by Crippen LogP contribution is -2.17. The number of carbonyl (C=O) groups is 1. The van der Waals surface area contributed by atoms with E-state index in [1.54, 1.807) is 30.5 Å². The van der Waals surface area contributed by atoms with Gasteiger partial charge in [0, 0.05) is 24.1 Å². The topological polar surface area (TPSA) is 53.9 Å². The van der Waals surface area contributed by atoms with Gasteiger partial charge in [0.05, 0.1) is 18.5 Å². The molecule has 0 heterocycles. The van der Waals surface area contributed by atoms with Gasteiger partial charge in [0.2, 0.25) is 0 Å². The lowest BCUT2D eigenvalue weighted by Gasteiger charge is -2.14. The highest BCUT2D eigenvalue weighted by Gasteiger charge is 2.05. The van der Waals surface area contributed by atoms with Crippen molar-refractivity contribution in [3.63, 3.8) is 0 Å². The molecule has 0 aromatic heterocycles. The molecule has 2 aromatic carbocycles. The van der Waals surface area contributed by atoms with E-state index in [0.717, 1.165) is 21.5 Å². The standard InChI is InChI=1S/C18H20BrN3O2/c1-4-24-15-8-6-14(7-9-15)18(23)21-20-12-13-5-10-17(22(2)3)16(19)11-13/h5-12H,4H2,1-3H3,(H,21,23)/b20-12-. The molecule has 0 aliphatic rings. The van der Waals surface area contributed by atoms with Crippen LogP contribution in [0.25, 0.3) is 0 Å². The minimum absolute atomic E-state index is 0.265. The lowest BCUT2D eigenvalue weighted by molar-refractivity contribution is 0.0955. The van der Waals surface area contributed by atoms with Crippen LogP contribution in [0.3, 0.4) is 0 Å². The Hall–Kier alpha value is -2.34. The second-order valence-electron chi connectivity index (χ2n) is 5.26. The number of hydrogen-bond acceptors (Lipinski definition) is 4. The third kappa shape index (κ3) is 4.83. The van der Waals surface area contributed by atoms with Crippen molar-refractivity contribution in [2.45, 2.75) is 6.92 Å². The van der Waals surface area contributed by atoms with Crippen molar-refractivity contribution >= 4 is 33.7 Å². The molecule has 1 amide bonds. The number of carbonyl (C=O) groups excluding carboxylic acids is 1. The first-order valence-electron chi connectivity index (χ1n) is 7.54. The average molecular weight is 390 g/mol. The van der Waals surface area contributed by atoms with E-state index >= 15 is 0 Å². The maximum atomic E-state index is 12.0. The molecule has 0 saturated heterocycles. The van der Waals surface area contributed by atoms with Crippen molar-refractivity contribution in [1.29, 1.82) is 0 Å². The van der Waals surface area contributed by atoms with Gasteiger partial charge in [-0.15, -0.1) is 0 Å². The fourth-order valence-electron chi connectivity index (χ4n) is 2.07. The summed E-state index contributed by atoms with van der Waals surface area (Å²) in [4.78, 5) is 14.0. The third-order valence-electron chi connectivity index (χ3n) is 3.26. The summed E-state index contributed by atoms with van der Waals surface area (Å²) in [6.45, 7) is 2.51. The normalized spacial score (nSPS) is 10.7. The first kappa shape index (κ1) is 18.0. The number of rotatable bonds is 6. The predicted octanol–water partition coefficient (Wildman–Crippen LogP) is 3.68. The van der Waals surface area contributed by atoms with Gasteiger partial charge >= 0.3 is 0 Å². The van der Waals surface area contributed by atoms with E-state index in [-0.39, 0.29) is 5.91 Å². The third-order valence-corrected chi connectivity index (χ3v) is 3.90. The van der Waals surface area contributed by atoms with E-state index in [9.17, 15) is 4.79 Å². The Bertz CT molecular complexity index is 728. The molecule has 0 radical (unpaired) electrons. The van der Waals surface area contributed by atoms with E-state index in [0.29, 0.717) is 12.2 Å². The molecular formula is C18H20BrN3O2. The number of halogens is 1. The molecule has 0 spiro atoms. The van der Waals surface area contributed by atoms with E-state index in [1.165, 1.54) is 0 Å². The van der Waals surface area contributed by atoms with Crippen LogP contribution in [0.5, 0.6) is 5.75 Å². The molecule has 24 heavy (non-hydrogen) atoms. The van der Waals surface area contributed by atoms with Crippen LogP contribution in [0.2, 0.25) is 0 Å². The monoisotopic (exact) mass is 389 g/mol. The molecule has 2 rings (SSSR count). The minimum atomic E-state index is -0.265. The number of amides is 1. The molecule has 0 saturated carbocycles. The van der Waals surface area contributed by atoms with Crippen LogP contribution in [-0.4, -0.2) is 32.8 Å². The Labute approximate surface area is 150 Å². The summed E-state index contributed by atoms with van der Waals surface area (Å²) in [6, 6.07) is 12.8. The van der Waals surface area contributed by atoms with Gasteiger partial charge in [-0.2, -0.15) is 5.10 Å². The maximum absolute atomic E-state index is 12.0. The molecule has 0 aliphatic heterocycles.